The Bertz CT molecular complexity index is 477. The normalized spacial score (nSPS) is 16.0. The van der Waals surface area contributed by atoms with Crippen molar-refractivity contribution in [3.8, 4) is 0 Å². The van der Waals surface area contributed by atoms with Crippen molar-refractivity contribution in [3.05, 3.63) is 10.5 Å². The number of rotatable bonds is 4. The van der Waals surface area contributed by atoms with Crippen molar-refractivity contribution < 1.29 is 48.3 Å². The van der Waals surface area contributed by atoms with E-state index in [1.165, 1.54) is 20.8 Å². The molecule has 0 bridgehead atoms. The zero-order chi connectivity index (χ0) is 20.6. The van der Waals surface area contributed by atoms with Crippen LogP contribution in [0.4, 0.5) is 48.3 Å². The standard InChI is InChI=1S/C12H12ClF11S/c1-8(2,3)5(4-13)25-7(9(14,15)12(22,23)24)6(10(16,17)18)11(19,20)21/h5H,4H2,1-3H3. The highest BCUT2D eigenvalue weighted by Crippen LogP contribution is 2.55. The average Bonchev–Trinajstić information content (AvgIpc) is 2.27. The van der Waals surface area contributed by atoms with Crippen LogP contribution in [0.2, 0.25) is 0 Å². The third kappa shape index (κ3) is 6.07. The maximum absolute atomic E-state index is 13.5. The molecule has 0 aliphatic carbocycles. The first-order valence-corrected chi connectivity index (χ1v) is 7.65. The minimum absolute atomic E-state index is 0.755. The van der Waals surface area contributed by atoms with Gasteiger partial charge in [0, 0.05) is 11.1 Å². The lowest BCUT2D eigenvalue weighted by Crippen LogP contribution is -2.43. The van der Waals surface area contributed by atoms with Crippen LogP contribution in [0, 0.1) is 5.41 Å². The molecule has 0 nitrogen and oxygen atoms in total. The molecule has 0 rings (SSSR count). The summed E-state index contributed by atoms with van der Waals surface area (Å²) in [6.45, 7) is 3.66. The SMILES string of the molecule is CC(C)(C)C(CCl)SC(=C(C(F)(F)F)C(F)(F)F)C(F)(F)C(F)(F)F. The zero-order valence-electron chi connectivity index (χ0n) is 12.7. The van der Waals surface area contributed by atoms with Crippen LogP contribution >= 0.6 is 23.4 Å². The van der Waals surface area contributed by atoms with E-state index in [0.29, 0.717) is 0 Å². The second-order valence-corrected chi connectivity index (χ2v) is 7.42. The molecule has 0 saturated carbocycles. The Balaban J connectivity index is 6.78. The molecule has 1 atom stereocenters. The molecule has 0 spiro atoms. The van der Waals surface area contributed by atoms with E-state index in [0.717, 1.165) is 0 Å². The van der Waals surface area contributed by atoms with Crippen molar-refractivity contribution in [2.45, 2.75) is 50.5 Å². The molecule has 13 heteroatoms. The molecule has 0 aromatic heterocycles. The Kier molecular flexibility index (Phi) is 7.20. The second-order valence-electron chi connectivity index (χ2n) is 5.90. The van der Waals surface area contributed by atoms with Crippen molar-refractivity contribution in [1.82, 2.24) is 0 Å². The summed E-state index contributed by atoms with van der Waals surface area (Å²) in [6.07, 6.45) is -19.6. The van der Waals surface area contributed by atoms with Gasteiger partial charge in [0.05, 0.1) is 4.91 Å². The Labute approximate surface area is 144 Å². The van der Waals surface area contributed by atoms with Crippen LogP contribution in [0.5, 0.6) is 0 Å². The number of alkyl halides is 12. The van der Waals surface area contributed by atoms with Crippen molar-refractivity contribution in [2.24, 2.45) is 5.41 Å². The summed E-state index contributed by atoms with van der Waals surface area (Å²) in [5, 5.41) is -1.59. The number of halogens is 12. The van der Waals surface area contributed by atoms with E-state index in [9.17, 15) is 48.3 Å². The first-order valence-electron chi connectivity index (χ1n) is 6.23. The minimum atomic E-state index is -6.66. The largest absolute Gasteiger partial charge is 0.458 e. The van der Waals surface area contributed by atoms with Gasteiger partial charge in [-0.05, 0) is 5.41 Å². The maximum Gasteiger partial charge on any atom is 0.458 e. The smallest absolute Gasteiger partial charge is 0.190 e. The van der Waals surface area contributed by atoms with Gasteiger partial charge in [0.25, 0.3) is 0 Å². The fourth-order valence-corrected chi connectivity index (χ4v) is 3.38. The first-order chi connectivity index (χ1) is 10.7. The van der Waals surface area contributed by atoms with Gasteiger partial charge in [-0.15, -0.1) is 23.4 Å². The zero-order valence-corrected chi connectivity index (χ0v) is 14.3. The highest BCUT2D eigenvalue weighted by atomic mass is 35.5. The lowest BCUT2D eigenvalue weighted by molar-refractivity contribution is -0.264. The number of allylic oxidation sites excluding steroid dienone is 2. The van der Waals surface area contributed by atoms with Crippen molar-refractivity contribution in [3.63, 3.8) is 0 Å². The Morgan fingerprint density at radius 1 is 0.800 bits per heavy atom. The highest BCUT2D eigenvalue weighted by molar-refractivity contribution is 8.03. The molecule has 0 aliphatic rings. The van der Waals surface area contributed by atoms with Gasteiger partial charge in [0.1, 0.15) is 0 Å². The fourth-order valence-electron chi connectivity index (χ4n) is 1.42. The summed E-state index contributed by atoms with van der Waals surface area (Å²) in [7, 11) is 0. The lowest BCUT2D eigenvalue weighted by atomic mass is 9.93. The summed E-state index contributed by atoms with van der Waals surface area (Å²) >= 11 is 4.49. The van der Waals surface area contributed by atoms with Crippen LogP contribution in [-0.4, -0.2) is 35.6 Å². The quantitative estimate of drug-likeness (QED) is 0.342. The van der Waals surface area contributed by atoms with Crippen molar-refractivity contribution >= 4 is 23.4 Å². The summed E-state index contributed by atoms with van der Waals surface area (Å²) in [5.74, 6) is -7.12. The molecule has 0 aromatic rings. The van der Waals surface area contributed by atoms with Crippen LogP contribution in [-0.2, 0) is 0 Å². The van der Waals surface area contributed by atoms with E-state index >= 15 is 0 Å². The fraction of sp³-hybridized carbons (Fsp3) is 0.833. The predicted octanol–water partition coefficient (Wildman–Crippen LogP) is 6.95. The minimum Gasteiger partial charge on any atom is -0.190 e. The van der Waals surface area contributed by atoms with Gasteiger partial charge in [0.15, 0.2) is 5.57 Å². The van der Waals surface area contributed by atoms with E-state index < -0.39 is 63.2 Å². The topological polar surface area (TPSA) is 0 Å². The first kappa shape index (κ1) is 24.6. The molecule has 150 valence electrons. The third-order valence-corrected chi connectivity index (χ3v) is 5.15. The van der Waals surface area contributed by atoms with Gasteiger partial charge in [-0.1, -0.05) is 20.8 Å². The third-order valence-electron chi connectivity index (χ3n) is 2.80. The van der Waals surface area contributed by atoms with Gasteiger partial charge in [0.2, 0.25) is 0 Å². The highest BCUT2D eigenvalue weighted by Gasteiger charge is 2.66. The van der Waals surface area contributed by atoms with Gasteiger partial charge < -0.3 is 0 Å². The van der Waals surface area contributed by atoms with Gasteiger partial charge in [-0.25, -0.2) is 0 Å². The molecule has 1 unspecified atom stereocenters. The molecular weight excluding hydrogens is 421 g/mol. The lowest BCUT2D eigenvalue weighted by Gasteiger charge is -2.33. The molecule has 0 amide bonds. The molecular formula is C12H12ClF11S. The monoisotopic (exact) mass is 432 g/mol. The van der Waals surface area contributed by atoms with Crippen molar-refractivity contribution in [2.75, 3.05) is 5.88 Å². The van der Waals surface area contributed by atoms with Gasteiger partial charge in [-0.2, -0.15) is 48.3 Å². The predicted molar refractivity (Wildman–Crippen MR) is 71.7 cm³/mol. The maximum atomic E-state index is 13.5. The molecule has 0 heterocycles. The van der Waals surface area contributed by atoms with E-state index in [-0.39, 0.29) is 0 Å². The van der Waals surface area contributed by atoms with E-state index in [1.54, 1.807) is 0 Å². The summed E-state index contributed by atoms with van der Waals surface area (Å²) < 4.78 is 141. The number of thioether (sulfide) groups is 1. The molecule has 0 N–H and O–H groups in total. The summed E-state index contributed by atoms with van der Waals surface area (Å²) in [4.78, 5) is -3.17. The van der Waals surface area contributed by atoms with Crippen LogP contribution in [0.1, 0.15) is 20.8 Å². The molecule has 0 aromatic carbocycles. The van der Waals surface area contributed by atoms with Crippen molar-refractivity contribution in [1.29, 1.82) is 0 Å². The van der Waals surface area contributed by atoms with Crippen LogP contribution in [0.3, 0.4) is 0 Å². The molecule has 0 aliphatic heterocycles. The van der Waals surface area contributed by atoms with Gasteiger partial charge >= 0.3 is 24.5 Å². The molecule has 0 fully saturated rings. The van der Waals surface area contributed by atoms with Crippen LogP contribution in [0.25, 0.3) is 0 Å². The van der Waals surface area contributed by atoms with Crippen LogP contribution < -0.4 is 0 Å². The summed E-state index contributed by atoms with van der Waals surface area (Å²) in [5.41, 5.74) is -5.16. The van der Waals surface area contributed by atoms with E-state index in [2.05, 4.69) is 0 Å². The van der Waals surface area contributed by atoms with E-state index in [4.69, 9.17) is 11.6 Å². The van der Waals surface area contributed by atoms with Crippen LogP contribution in [0.15, 0.2) is 10.5 Å². The molecule has 0 radical (unpaired) electrons. The van der Waals surface area contributed by atoms with Gasteiger partial charge in [-0.3, -0.25) is 0 Å². The Hall–Kier alpha value is -0.390. The van der Waals surface area contributed by atoms with E-state index in [1.807, 2.05) is 0 Å². The average molecular weight is 433 g/mol. The molecule has 25 heavy (non-hydrogen) atoms. The Morgan fingerprint density at radius 2 is 1.16 bits per heavy atom. The molecule has 0 saturated heterocycles. The number of hydrogen-bond acceptors (Lipinski definition) is 1. The number of hydrogen-bond donors (Lipinski definition) is 0. The second kappa shape index (κ2) is 7.32. The summed E-state index contributed by atoms with van der Waals surface area (Å²) in [6, 6.07) is 0. The Morgan fingerprint density at radius 3 is 1.36 bits per heavy atom.